The lowest BCUT2D eigenvalue weighted by molar-refractivity contribution is -0.117. The molecular weight excluding hydrogens is 280 g/mol. The van der Waals surface area contributed by atoms with Crippen molar-refractivity contribution >= 4 is 11.9 Å². The minimum atomic E-state index is -0.391. The first-order chi connectivity index (χ1) is 10.2. The number of aromatic amines is 1. The van der Waals surface area contributed by atoms with Gasteiger partial charge in [-0.3, -0.25) is 10.1 Å². The summed E-state index contributed by atoms with van der Waals surface area (Å²) in [6, 6.07) is 3.53. The molecule has 0 fully saturated rings. The minimum absolute atomic E-state index is 0.128. The number of amides is 1. The highest BCUT2D eigenvalue weighted by molar-refractivity contribution is 5.88. The van der Waals surface area contributed by atoms with Gasteiger partial charge in [0, 0.05) is 0 Å². The summed E-state index contributed by atoms with van der Waals surface area (Å²) in [6.07, 6.45) is 1.50. The van der Waals surface area contributed by atoms with E-state index in [2.05, 4.69) is 35.9 Å². The number of carbonyl (C=O) groups is 1. The van der Waals surface area contributed by atoms with Crippen molar-refractivity contribution in [3.8, 4) is 17.6 Å². The van der Waals surface area contributed by atoms with Gasteiger partial charge in [-0.15, -0.1) is 15.3 Å². The molecule has 0 aromatic carbocycles. The molecule has 0 saturated carbocycles. The number of furan rings is 1. The van der Waals surface area contributed by atoms with E-state index in [0.29, 0.717) is 11.6 Å². The number of anilines is 1. The molecule has 0 saturated heterocycles. The Labute approximate surface area is 117 Å². The van der Waals surface area contributed by atoms with Gasteiger partial charge in [0.2, 0.25) is 17.7 Å². The number of methoxy groups -OCH3 is 1. The first-order valence-electron chi connectivity index (χ1n) is 5.82. The van der Waals surface area contributed by atoms with E-state index in [1.165, 1.54) is 13.4 Å². The second kappa shape index (κ2) is 5.40. The standard InChI is InChI=1S/C10H10N8O3/c1-20-10-12-9(14-15-10)11-7(19)5-18-16-8(13-17-18)6-3-2-4-21-6/h2-4H,5H2,1H3,(H2,11,12,14,15,19). The van der Waals surface area contributed by atoms with E-state index in [-0.39, 0.29) is 18.5 Å². The van der Waals surface area contributed by atoms with Crippen LogP contribution in [0.5, 0.6) is 6.01 Å². The van der Waals surface area contributed by atoms with E-state index in [1.807, 2.05) is 0 Å². The third-order valence-corrected chi connectivity index (χ3v) is 2.38. The van der Waals surface area contributed by atoms with E-state index in [4.69, 9.17) is 9.15 Å². The lowest BCUT2D eigenvalue weighted by atomic mass is 10.4. The molecule has 0 aliphatic rings. The van der Waals surface area contributed by atoms with Gasteiger partial charge in [-0.05, 0) is 17.3 Å². The van der Waals surface area contributed by atoms with Crippen LogP contribution in [0.4, 0.5) is 5.95 Å². The Morgan fingerprint density at radius 2 is 2.48 bits per heavy atom. The summed E-state index contributed by atoms with van der Waals surface area (Å²) in [4.78, 5) is 16.8. The van der Waals surface area contributed by atoms with Gasteiger partial charge < -0.3 is 9.15 Å². The fourth-order valence-corrected chi connectivity index (χ4v) is 1.51. The Hall–Kier alpha value is -3.24. The number of aromatic nitrogens is 7. The van der Waals surface area contributed by atoms with Crippen molar-refractivity contribution < 1.29 is 13.9 Å². The normalized spacial score (nSPS) is 10.5. The predicted octanol–water partition coefficient (Wildman–Crippen LogP) is -0.302. The van der Waals surface area contributed by atoms with E-state index >= 15 is 0 Å². The van der Waals surface area contributed by atoms with Crippen LogP contribution in [0.15, 0.2) is 22.8 Å². The van der Waals surface area contributed by atoms with Crippen molar-refractivity contribution in [3.63, 3.8) is 0 Å². The molecule has 3 aromatic heterocycles. The van der Waals surface area contributed by atoms with Crippen molar-refractivity contribution in [1.82, 2.24) is 35.4 Å². The smallest absolute Gasteiger partial charge is 0.336 e. The van der Waals surface area contributed by atoms with Gasteiger partial charge in [0.05, 0.1) is 13.4 Å². The van der Waals surface area contributed by atoms with Crippen LogP contribution in [0.25, 0.3) is 11.6 Å². The number of tetrazole rings is 1. The Morgan fingerprint density at radius 3 is 3.19 bits per heavy atom. The maximum atomic E-state index is 11.8. The Morgan fingerprint density at radius 1 is 1.57 bits per heavy atom. The zero-order valence-electron chi connectivity index (χ0n) is 10.8. The van der Waals surface area contributed by atoms with Gasteiger partial charge in [-0.1, -0.05) is 0 Å². The second-order valence-corrected chi connectivity index (χ2v) is 3.84. The quantitative estimate of drug-likeness (QED) is 0.653. The van der Waals surface area contributed by atoms with Gasteiger partial charge in [0.25, 0.3) is 0 Å². The average Bonchev–Trinajstić information content (AvgIpc) is 3.19. The molecule has 3 aromatic rings. The average molecular weight is 290 g/mol. The highest BCUT2D eigenvalue weighted by atomic mass is 16.5. The summed E-state index contributed by atoms with van der Waals surface area (Å²) in [7, 11) is 1.42. The fraction of sp³-hybridized carbons (Fsp3) is 0.200. The number of nitrogens with one attached hydrogen (secondary N) is 2. The first kappa shape index (κ1) is 12.8. The number of carbonyl (C=O) groups excluding carboxylic acids is 1. The fourth-order valence-electron chi connectivity index (χ4n) is 1.51. The monoisotopic (exact) mass is 290 g/mol. The van der Waals surface area contributed by atoms with Crippen LogP contribution in [0, 0.1) is 0 Å². The van der Waals surface area contributed by atoms with E-state index < -0.39 is 5.91 Å². The summed E-state index contributed by atoms with van der Waals surface area (Å²) in [5, 5.41) is 20.3. The molecule has 0 radical (unpaired) electrons. The Balaban J connectivity index is 1.62. The molecule has 11 nitrogen and oxygen atoms in total. The highest BCUT2D eigenvalue weighted by Crippen LogP contribution is 2.12. The summed E-state index contributed by atoms with van der Waals surface area (Å²) in [5.41, 5.74) is 0. The third kappa shape index (κ3) is 2.86. The van der Waals surface area contributed by atoms with Crippen LogP contribution in [-0.4, -0.2) is 48.4 Å². The van der Waals surface area contributed by atoms with Gasteiger partial charge >= 0.3 is 6.01 Å². The van der Waals surface area contributed by atoms with E-state index in [9.17, 15) is 4.79 Å². The molecule has 3 heterocycles. The number of ether oxygens (including phenoxy) is 1. The van der Waals surface area contributed by atoms with Crippen LogP contribution in [0.2, 0.25) is 0 Å². The second-order valence-electron chi connectivity index (χ2n) is 3.84. The summed E-state index contributed by atoms with van der Waals surface area (Å²) in [6.45, 7) is -0.128. The first-order valence-corrected chi connectivity index (χ1v) is 5.82. The van der Waals surface area contributed by atoms with Crippen LogP contribution in [0.3, 0.4) is 0 Å². The molecule has 0 atom stereocenters. The molecule has 0 spiro atoms. The van der Waals surface area contributed by atoms with Crippen LogP contribution in [-0.2, 0) is 11.3 Å². The molecule has 21 heavy (non-hydrogen) atoms. The lowest BCUT2D eigenvalue weighted by Crippen LogP contribution is -2.21. The molecule has 3 rings (SSSR count). The minimum Gasteiger partial charge on any atom is -0.466 e. The van der Waals surface area contributed by atoms with Crippen molar-refractivity contribution in [2.75, 3.05) is 12.4 Å². The van der Waals surface area contributed by atoms with Crippen molar-refractivity contribution in [1.29, 1.82) is 0 Å². The predicted molar refractivity (Wildman–Crippen MR) is 67.1 cm³/mol. The van der Waals surface area contributed by atoms with Crippen LogP contribution in [0.1, 0.15) is 0 Å². The molecule has 0 aliphatic carbocycles. The van der Waals surface area contributed by atoms with Gasteiger partial charge in [0.15, 0.2) is 5.76 Å². The maximum Gasteiger partial charge on any atom is 0.336 e. The molecule has 0 aliphatic heterocycles. The molecule has 1 amide bonds. The van der Waals surface area contributed by atoms with Crippen molar-refractivity contribution in [2.45, 2.75) is 6.54 Å². The number of H-pyrrole nitrogens is 1. The zero-order valence-corrected chi connectivity index (χ0v) is 10.8. The Kier molecular flexibility index (Phi) is 3.29. The largest absolute Gasteiger partial charge is 0.466 e. The third-order valence-electron chi connectivity index (χ3n) is 2.38. The number of rotatable bonds is 5. The number of hydrogen-bond donors (Lipinski definition) is 2. The number of hydrogen-bond acceptors (Lipinski definition) is 8. The molecule has 0 bridgehead atoms. The van der Waals surface area contributed by atoms with Gasteiger partial charge in [-0.25, -0.2) is 5.10 Å². The zero-order chi connectivity index (χ0) is 14.7. The molecule has 0 unspecified atom stereocenters. The maximum absolute atomic E-state index is 11.8. The van der Waals surface area contributed by atoms with E-state index in [0.717, 1.165) is 4.80 Å². The SMILES string of the molecule is COc1n[nH]c(NC(=O)Cn2nnc(-c3ccco3)n2)n1. The Bertz CT molecular complexity index is 731. The summed E-state index contributed by atoms with van der Waals surface area (Å²) < 4.78 is 9.92. The topological polar surface area (TPSA) is 137 Å². The molecule has 2 N–H and O–H groups in total. The van der Waals surface area contributed by atoms with Crippen molar-refractivity contribution in [3.05, 3.63) is 18.4 Å². The number of nitrogens with zero attached hydrogens (tertiary/aromatic N) is 6. The summed E-state index contributed by atoms with van der Waals surface area (Å²) >= 11 is 0. The lowest BCUT2D eigenvalue weighted by Gasteiger charge is -1.99. The molecular formula is C10H10N8O3. The van der Waals surface area contributed by atoms with E-state index in [1.54, 1.807) is 12.1 Å². The summed E-state index contributed by atoms with van der Waals surface area (Å²) in [5.74, 6) is 0.552. The van der Waals surface area contributed by atoms with Gasteiger partial charge in [0.1, 0.15) is 6.54 Å². The molecule has 108 valence electrons. The molecule has 11 heteroatoms. The van der Waals surface area contributed by atoms with Crippen LogP contribution >= 0.6 is 0 Å². The highest BCUT2D eigenvalue weighted by Gasteiger charge is 2.12. The van der Waals surface area contributed by atoms with Crippen molar-refractivity contribution in [2.24, 2.45) is 0 Å². The van der Waals surface area contributed by atoms with Gasteiger partial charge in [-0.2, -0.15) is 9.78 Å². The van der Waals surface area contributed by atoms with Crippen LogP contribution < -0.4 is 10.1 Å².